The van der Waals surface area contributed by atoms with Crippen molar-refractivity contribution < 1.29 is 0 Å². The van der Waals surface area contributed by atoms with Crippen molar-refractivity contribution in [2.75, 3.05) is 5.88 Å². The van der Waals surface area contributed by atoms with E-state index in [1.807, 2.05) is 6.07 Å². The molecular formula is C16H16BrCl. The summed E-state index contributed by atoms with van der Waals surface area (Å²) >= 11 is 9.74. The Morgan fingerprint density at radius 1 is 1.11 bits per heavy atom. The second-order valence-electron chi connectivity index (χ2n) is 4.56. The highest BCUT2D eigenvalue weighted by Gasteiger charge is 2.12. The van der Waals surface area contributed by atoms with Crippen LogP contribution in [0.5, 0.6) is 0 Å². The van der Waals surface area contributed by atoms with Crippen LogP contribution >= 0.6 is 27.5 Å². The lowest BCUT2D eigenvalue weighted by Crippen LogP contribution is -2.05. The van der Waals surface area contributed by atoms with Crippen LogP contribution < -0.4 is 0 Å². The van der Waals surface area contributed by atoms with Crippen LogP contribution in [0.1, 0.15) is 22.6 Å². The minimum Gasteiger partial charge on any atom is -0.126 e. The molecule has 0 amide bonds. The van der Waals surface area contributed by atoms with Crippen LogP contribution in [-0.2, 0) is 6.42 Å². The number of aryl methyl sites for hydroxylation is 1. The van der Waals surface area contributed by atoms with Gasteiger partial charge in [-0.1, -0.05) is 64.0 Å². The number of halogens is 2. The Morgan fingerprint density at radius 3 is 2.56 bits per heavy atom. The first-order chi connectivity index (χ1) is 8.70. The fourth-order valence-corrected chi connectivity index (χ4v) is 2.85. The summed E-state index contributed by atoms with van der Waals surface area (Å²) in [6.45, 7) is 2.12. The Bertz CT molecular complexity index is 522. The molecule has 0 fully saturated rings. The average Bonchev–Trinajstić information content (AvgIpc) is 2.38. The standard InChI is InChI=1S/C16H16BrCl/c1-12-5-4-7-13(9-12)15(11-18)10-14-6-2-3-8-16(14)17/h2-9,15H,10-11H2,1H3. The Hall–Kier alpha value is -0.790. The molecule has 18 heavy (non-hydrogen) atoms. The van der Waals surface area contributed by atoms with Crippen molar-refractivity contribution in [2.45, 2.75) is 19.3 Å². The third-order valence-corrected chi connectivity index (χ3v) is 4.27. The summed E-state index contributed by atoms with van der Waals surface area (Å²) in [6, 6.07) is 17.0. The topological polar surface area (TPSA) is 0 Å². The van der Waals surface area contributed by atoms with Crippen LogP contribution in [0, 0.1) is 6.92 Å². The minimum atomic E-state index is 0.366. The molecule has 94 valence electrons. The first kappa shape index (κ1) is 13.6. The van der Waals surface area contributed by atoms with Crippen molar-refractivity contribution in [3.8, 4) is 0 Å². The number of rotatable bonds is 4. The number of alkyl halides is 1. The normalized spacial score (nSPS) is 12.4. The molecule has 0 spiro atoms. The summed E-state index contributed by atoms with van der Waals surface area (Å²) in [6.07, 6.45) is 0.967. The van der Waals surface area contributed by atoms with E-state index < -0.39 is 0 Å². The lowest BCUT2D eigenvalue weighted by Gasteiger charge is -2.16. The minimum absolute atomic E-state index is 0.366. The number of benzene rings is 2. The largest absolute Gasteiger partial charge is 0.126 e. The summed E-state index contributed by atoms with van der Waals surface area (Å²) in [4.78, 5) is 0. The molecule has 2 aromatic carbocycles. The van der Waals surface area contributed by atoms with Crippen molar-refractivity contribution in [3.63, 3.8) is 0 Å². The monoisotopic (exact) mass is 322 g/mol. The molecule has 0 nitrogen and oxygen atoms in total. The van der Waals surface area contributed by atoms with Gasteiger partial charge in [0.25, 0.3) is 0 Å². The van der Waals surface area contributed by atoms with E-state index >= 15 is 0 Å². The highest BCUT2D eigenvalue weighted by atomic mass is 79.9. The molecule has 0 saturated carbocycles. The van der Waals surface area contributed by atoms with Crippen molar-refractivity contribution in [2.24, 2.45) is 0 Å². The lowest BCUT2D eigenvalue weighted by molar-refractivity contribution is 0.763. The molecule has 0 saturated heterocycles. The van der Waals surface area contributed by atoms with E-state index in [9.17, 15) is 0 Å². The number of hydrogen-bond acceptors (Lipinski definition) is 0. The van der Waals surface area contributed by atoms with Crippen molar-refractivity contribution in [3.05, 3.63) is 69.7 Å². The summed E-state index contributed by atoms with van der Waals surface area (Å²) in [5, 5.41) is 0. The van der Waals surface area contributed by atoms with E-state index in [0.717, 1.165) is 10.9 Å². The number of hydrogen-bond donors (Lipinski definition) is 0. The van der Waals surface area contributed by atoms with Gasteiger partial charge < -0.3 is 0 Å². The molecule has 0 N–H and O–H groups in total. The maximum Gasteiger partial charge on any atom is 0.0295 e. The zero-order valence-corrected chi connectivity index (χ0v) is 12.7. The van der Waals surface area contributed by atoms with Gasteiger partial charge in [-0.25, -0.2) is 0 Å². The maximum absolute atomic E-state index is 6.14. The Morgan fingerprint density at radius 2 is 1.89 bits per heavy atom. The van der Waals surface area contributed by atoms with E-state index in [-0.39, 0.29) is 0 Å². The quantitative estimate of drug-likeness (QED) is 0.668. The molecule has 0 aliphatic carbocycles. The molecule has 0 aromatic heterocycles. The predicted molar refractivity (Wildman–Crippen MR) is 82.5 cm³/mol. The first-order valence-electron chi connectivity index (χ1n) is 6.06. The Kier molecular flexibility index (Phi) is 4.85. The molecule has 0 heterocycles. The molecule has 0 aliphatic heterocycles. The van der Waals surface area contributed by atoms with Gasteiger partial charge in [0.2, 0.25) is 0 Å². The van der Waals surface area contributed by atoms with Crippen molar-refractivity contribution >= 4 is 27.5 Å². The molecule has 0 aliphatic rings. The SMILES string of the molecule is Cc1cccc(C(CCl)Cc2ccccc2Br)c1. The third-order valence-electron chi connectivity index (χ3n) is 3.12. The molecule has 0 radical (unpaired) electrons. The summed E-state index contributed by atoms with van der Waals surface area (Å²) in [5.74, 6) is 1.01. The fraction of sp³-hybridized carbons (Fsp3) is 0.250. The van der Waals surface area contributed by atoms with Gasteiger partial charge in [0.15, 0.2) is 0 Å². The second kappa shape index (κ2) is 6.40. The van der Waals surface area contributed by atoms with Gasteiger partial charge in [0, 0.05) is 16.3 Å². The van der Waals surface area contributed by atoms with Crippen LogP contribution in [0.15, 0.2) is 53.0 Å². The van der Waals surface area contributed by atoms with E-state index in [1.54, 1.807) is 0 Å². The van der Waals surface area contributed by atoms with Gasteiger partial charge in [-0.15, -0.1) is 11.6 Å². The van der Waals surface area contributed by atoms with Crippen LogP contribution in [0.4, 0.5) is 0 Å². The van der Waals surface area contributed by atoms with Gasteiger partial charge in [0.05, 0.1) is 0 Å². The zero-order chi connectivity index (χ0) is 13.0. The van der Waals surface area contributed by atoms with Crippen LogP contribution in [0.3, 0.4) is 0 Å². The average molecular weight is 324 g/mol. The molecule has 0 bridgehead atoms. The summed E-state index contributed by atoms with van der Waals surface area (Å²) < 4.78 is 1.16. The van der Waals surface area contributed by atoms with E-state index in [4.69, 9.17) is 11.6 Å². The van der Waals surface area contributed by atoms with E-state index in [0.29, 0.717) is 11.8 Å². The van der Waals surface area contributed by atoms with Gasteiger partial charge >= 0.3 is 0 Å². The van der Waals surface area contributed by atoms with Crippen LogP contribution in [-0.4, -0.2) is 5.88 Å². The Labute approximate surface area is 122 Å². The summed E-state index contributed by atoms with van der Waals surface area (Å²) in [5.41, 5.74) is 3.92. The molecule has 1 unspecified atom stereocenters. The van der Waals surface area contributed by atoms with Gasteiger partial charge in [-0.05, 0) is 30.5 Å². The molecule has 1 atom stereocenters. The summed E-state index contributed by atoms with van der Waals surface area (Å²) in [7, 11) is 0. The third kappa shape index (κ3) is 3.37. The van der Waals surface area contributed by atoms with E-state index in [2.05, 4.69) is 65.3 Å². The first-order valence-corrected chi connectivity index (χ1v) is 7.39. The maximum atomic E-state index is 6.14. The van der Waals surface area contributed by atoms with Crippen LogP contribution in [0.25, 0.3) is 0 Å². The molecule has 2 rings (SSSR count). The van der Waals surface area contributed by atoms with E-state index in [1.165, 1.54) is 16.7 Å². The molecule has 2 aromatic rings. The molecular weight excluding hydrogens is 308 g/mol. The molecule has 2 heteroatoms. The fourth-order valence-electron chi connectivity index (χ4n) is 2.11. The van der Waals surface area contributed by atoms with Crippen molar-refractivity contribution in [1.82, 2.24) is 0 Å². The van der Waals surface area contributed by atoms with Gasteiger partial charge in [-0.2, -0.15) is 0 Å². The Balaban J connectivity index is 2.23. The highest BCUT2D eigenvalue weighted by molar-refractivity contribution is 9.10. The second-order valence-corrected chi connectivity index (χ2v) is 5.72. The van der Waals surface area contributed by atoms with Crippen LogP contribution in [0.2, 0.25) is 0 Å². The zero-order valence-electron chi connectivity index (χ0n) is 10.4. The smallest absolute Gasteiger partial charge is 0.0295 e. The lowest BCUT2D eigenvalue weighted by atomic mass is 9.93. The van der Waals surface area contributed by atoms with Gasteiger partial charge in [-0.3, -0.25) is 0 Å². The van der Waals surface area contributed by atoms with Gasteiger partial charge in [0.1, 0.15) is 0 Å². The predicted octanol–water partition coefficient (Wildman–Crippen LogP) is 5.32. The van der Waals surface area contributed by atoms with Crippen molar-refractivity contribution in [1.29, 1.82) is 0 Å². The highest BCUT2D eigenvalue weighted by Crippen LogP contribution is 2.26.